The van der Waals surface area contributed by atoms with Crippen molar-refractivity contribution in [2.24, 2.45) is 0 Å². The number of anilines is 12. The highest BCUT2D eigenvalue weighted by molar-refractivity contribution is 6.00. The van der Waals surface area contributed by atoms with Crippen molar-refractivity contribution < 1.29 is 0 Å². The number of para-hydroxylation sites is 8. The van der Waals surface area contributed by atoms with E-state index in [1.807, 2.05) is 0 Å². The van der Waals surface area contributed by atoms with E-state index in [1.165, 1.54) is 44.5 Å². The molecule has 0 unspecified atom stereocenters. The van der Waals surface area contributed by atoms with E-state index >= 15 is 0 Å². The van der Waals surface area contributed by atoms with Gasteiger partial charge in [-0.3, -0.25) is 0 Å². The van der Waals surface area contributed by atoms with Crippen LogP contribution >= 0.6 is 0 Å². The molecule has 0 amide bonds. The van der Waals surface area contributed by atoms with E-state index in [1.54, 1.807) is 0 Å². The summed E-state index contributed by atoms with van der Waals surface area (Å²) < 4.78 is 0. The minimum Gasteiger partial charge on any atom is -0.310 e. The summed E-state index contributed by atoms with van der Waals surface area (Å²) in [6, 6.07) is 115. The molecule has 0 atom stereocenters. The molecule has 364 valence electrons. The van der Waals surface area contributed by atoms with Crippen LogP contribution in [0, 0.1) is 0 Å². The van der Waals surface area contributed by atoms with Crippen LogP contribution < -0.4 is 19.6 Å². The van der Waals surface area contributed by atoms with Gasteiger partial charge in [0.25, 0.3) is 0 Å². The van der Waals surface area contributed by atoms with Crippen molar-refractivity contribution >= 4 is 68.2 Å². The van der Waals surface area contributed by atoms with E-state index in [4.69, 9.17) is 0 Å². The summed E-state index contributed by atoms with van der Waals surface area (Å²) in [5, 5.41) is 0. The van der Waals surface area contributed by atoms with Crippen molar-refractivity contribution in [3.8, 4) is 22.3 Å². The standard InChI is InChI=1S/C73H52N4/c1-9-25-53(26-10-1)74(54-27-11-2-12-28-54)61-44-48-69-68(49-61)67-47-43-64(77(59-37-21-7-22-38-59)60-39-23-8-24-40-60)52-72(67)73(69)70-50-62(75(55-29-13-3-14-30-55)56-31-15-4-16-32-56)41-45-65(70)66-46-42-63(51-71(66)73)76(57-33-17-5-18-34-57)58-35-19-6-20-36-58/h1-52H. The number of hydrogen-bond donors (Lipinski definition) is 0. The number of benzene rings is 12. The molecule has 0 saturated heterocycles. The Labute approximate surface area is 450 Å². The lowest BCUT2D eigenvalue weighted by Crippen LogP contribution is -2.27. The maximum Gasteiger partial charge on any atom is 0.0727 e. The molecule has 0 fully saturated rings. The molecule has 0 heterocycles. The molecule has 0 saturated carbocycles. The number of fused-ring (bicyclic) bond motifs is 10. The van der Waals surface area contributed by atoms with Gasteiger partial charge >= 0.3 is 0 Å². The van der Waals surface area contributed by atoms with Crippen molar-refractivity contribution in [1.29, 1.82) is 0 Å². The van der Waals surface area contributed by atoms with Crippen molar-refractivity contribution in [1.82, 2.24) is 0 Å². The maximum absolute atomic E-state index is 2.50. The Bertz CT molecular complexity index is 3730. The normalized spacial score (nSPS) is 12.3. The van der Waals surface area contributed by atoms with Crippen LogP contribution in [0.25, 0.3) is 22.3 Å². The van der Waals surface area contributed by atoms with Gasteiger partial charge in [0.15, 0.2) is 0 Å². The van der Waals surface area contributed by atoms with E-state index in [-0.39, 0.29) is 0 Å². The Balaban J connectivity index is 1.09. The average molecular weight is 985 g/mol. The molecule has 0 radical (unpaired) electrons. The van der Waals surface area contributed by atoms with Crippen LogP contribution in [0.3, 0.4) is 0 Å². The zero-order chi connectivity index (χ0) is 51.1. The predicted octanol–water partition coefficient (Wildman–Crippen LogP) is 19.9. The van der Waals surface area contributed by atoms with E-state index in [2.05, 4.69) is 335 Å². The maximum atomic E-state index is 2.50. The molecule has 2 aliphatic rings. The summed E-state index contributed by atoms with van der Waals surface area (Å²) in [7, 11) is 0. The van der Waals surface area contributed by atoms with E-state index < -0.39 is 5.41 Å². The fourth-order valence-electron chi connectivity index (χ4n) is 12.1. The quantitative estimate of drug-likeness (QED) is 0.121. The van der Waals surface area contributed by atoms with Gasteiger partial charge < -0.3 is 19.6 Å². The molecule has 1 spiro atoms. The van der Waals surface area contributed by atoms with Gasteiger partial charge in [0.2, 0.25) is 0 Å². The Morgan fingerprint density at radius 2 is 0.364 bits per heavy atom. The zero-order valence-electron chi connectivity index (χ0n) is 42.3. The fourth-order valence-corrected chi connectivity index (χ4v) is 12.1. The number of nitrogens with zero attached hydrogens (tertiary/aromatic N) is 4. The van der Waals surface area contributed by atoms with Gasteiger partial charge in [-0.2, -0.15) is 0 Å². The number of rotatable bonds is 12. The SMILES string of the molecule is c1ccc(N(c2ccccc2)c2ccc3c(c2)-c2ccc(N(c4ccccc4)c4ccccc4)cc2C32c3cc(N(c4ccccc4)c4ccccc4)ccc3-c3ccc(N(c4ccccc4)c4ccccc4)cc32)cc1. The lowest BCUT2D eigenvalue weighted by atomic mass is 9.70. The number of hydrogen-bond acceptors (Lipinski definition) is 4. The van der Waals surface area contributed by atoms with Gasteiger partial charge in [-0.15, -0.1) is 0 Å². The molecular weight excluding hydrogens is 933 g/mol. The molecular formula is C73H52N4. The van der Waals surface area contributed by atoms with Crippen molar-refractivity contribution in [3.05, 3.63) is 338 Å². The second kappa shape index (κ2) is 19.3. The molecule has 77 heavy (non-hydrogen) atoms. The highest BCUT2D eigenvalue weighted by Gasteiger charge is 2.53. The van der Waals surface area contributed by atoms with Gasteiger partial charge in [0.1, 0.15) is 0 Å². The highest BCUT2D eigenvalue weighted by Crippen LogP contribution is 2.65. The molecule has 2 aliphatic carbocycles. The molecule has 0 aromatic heterocycles. The molecule has 0 aliphatic heterocycles. The van der Waals surface area contributed by atoms with Crippen LogP contribution in [-0.4, -0.2) is 0 Å². The van der Waals surface area contributed by atoms with Crippen LogP contribution in [0.2, 0.25) is 0 Å². The second-order valence-electron chi connectivity index (χ2n) is 19.7. The molecule has 0 bridgehead atoms. The van der Waals surface area contributed by atoms with Gasteiger partial charge in [-0.25, -0.2) is 0 Å². The first-order valence-corrected chi connectivity index (χ1v) is 26.4. The third kappa shape index (κ3) is 7.77. The molecule has 4 nitrogen and oxygen atoms in total. The first kappa shape index (κ1) is 45.5. The van der Waals surface area contributed by atoms with Crippen molar-refractivity contribution in [3.63, 3.8) is 0 Å². The smallest absolute Gasteiger partial charge is 0.0727 e. The summed E-state index contributed by atoms with van der Waals surface area (Å²) in [5.41, 5.74) is 22.1. The average Bonchev–Trinajstić information content (AvgIpc) is 4.00. The first-order valence-electron chi connectivity index (χ1n) is 26.4. The Hall–Kier alpha value is -10.2. The van der Waals surface area contributed by atoms with Crippen LogP contribution in [0.1, 0.15) is 22.3 Å². The largest absolute Gasteiger partial charge is 0.310 e. The molecule has 4 heteroatoms. The summed E-state index contributed by atoms with van der Waals surface area (Å²) >= 11 is 0. The van der Waals surface area contributed by atoms with Crippen LogP contribution in [-0.2, 0) is 5.41 Å². The van der Waals surface area contributed by atoms with Crippen molar-refractivity contribution in [2.75, 3.05) is 19.6 Å². The second-order valence-corrected chi connectivity index (χ2v) is 19.7. The summed E-state index contributed by atoms with van der Waals surface area (Å²) in [6.45, 7) is 0. The predicted molar refractivity (Wildman–Crippen MR) is 321 cm³/mol. The minimum atomic E-state index is -0.780. The topological polar surface area (TPSA) is 13.0 Å². The lowest BCUT2D eigenvalue weighted by Gasteiger charge is -2.34. The van der Waals surface area contributed by atoms with E-state index in [0.717, 1.165) is 68.2 Å². The molecule has 14 rings (SSSR count). The highest BCUT2D eigenvalue weighted by atomic mass is 15.2. The van der Waals surface area contributed by atoms with Gasteiger partial charge in [-0.1, -0.05) is 170 Å². The zero-order valence-corrected chi connectivity index (χ0v) is 42.3. The molecule has 0 N–H and O–H groups in total. The van der Waals surface area contributed by atoms with Gasteiger partial charge in [0, 0.05) is 68.2 Å². The van der Waals surface area contributed by atoms with Crippen LogP contribution in [0.4, 0.5) is 68.2 Å². The monoisotopic (exact) mass is 984 g/mol. The summed E-state index contributed by atoms with van der Waals surface area (Å²) in [6.07, 6.45) is 0. The Morgan fingerprint density at radius 1 is 0.156 bits per heavy atom. The van der Waals surface area contributed by atoms with E-state index in [9.17, 15) is 0 Å². The van der Waals surface area contributed by atoms with Crippen LogP contribution in [0.15, 0.2) is 315 Å². The minimum absolute atomic E-state index is 0.780. The fraction of sp³-hybridized carbons (Fsp3) is 0.0137. The molecule has 12 aromatic rings. The van der Waals surface area contributed by atoms with Gasteiger partial charge in [0.05, 0.1) is 5.41 Å². The van der Waals surface area contributed by atoms with Gasteiger partial charge in [-0.05, 0) is 190 Å². The third-order valence-electron chi connectivity index (χ3n) is 15.4. The third-order valence-corrected chi connectivity index (χ3v) is 15.4. The molecule has 12 aromatic carbocycles. The van der Waals surface area contributed by atoms with E-state index in [0.29, 0.717) is 0 Å². The summed E-state index contributed by atoms with van der Waals surface area (Å²) in [5.74, 6) is 0. The first-order chi connectivity index (χ1) is 38.2. The van der Waals surface area contributed by atoms with Crippen LogP contribution in [0.5, 0.6) is 0 Å². The van der Waals surface area contributed by atoms with Crippen molar-refractivity contribution in [2.45, 2.75) is 5.41 Å². The summed E-state index contributed by atoms with van der Waals surface area (Å²) in [4.78, 5) is 9.58. The Kier molecular flexibility index (Phi) is 11.4. The Morgan fingerprint density at radius 3 is 0.610 bits per heavy atom. The lowest BCUT2D eigenvalue weighted by molar-refractivity contribution is 0.793.